The Morgan fingerprint density at radius 1 is 1.59 bits per heavy atom. The maximum atomic E-state index is 12.3. The van der Waals surface area contributed by atoms with Crippen LogP contribution in [0.1, 0.15) is 13.3 Å². The van der Waals surface area contributed by atoms with Gasteiger partial charge in [0.2, 0.25) is 0 Å². The fourth-order valence-electron chi connectivity index (χ4n) is 1.91. The van der Waals surface area contributed by atoms with Crippen molar-refractivity contribution >= 4 is 27.0 Å². The Morgan fingerprint density at radius 3 is 2.82 bits per heavy atom. The van der Waals surface area contributed by atoms with Crippen molar-refractivity contribution in [3.05, 3.63) is 11.4 Å². The van der Waals surface area contributed by atoms with Gasteiger partial charge in [-0.05, 0) is 18.4 Å². The van der Waals surface area contributed by atoms with E-state index in [1.807, 2.05) is 6.92 Å². The summed E-state index contributed by atoms with van der Waals surface area (Å²) in [6.45, 7) is 2.59. The summed E-state index contributed by atoms with van der Waals surface area (Å²) in [5, 5.41) is 11.2. The van der Waals surface area contributed by atoms with Crippen LogP contribution in [0.5, 0.6) is 0 Å². The molecule has 2 rings (SSSR count). The van der Waals surface area contributed by atoms with Crippen LogP contribution in [0.2, 0.25) is 0 Å². The van der Waals surface area contributed by atoms with E-state index in [2.05, 4.69) is 0 Å². The van der Waals surface area contributed by atoms with Crippen LogP contribution >= 0.6 is 11.3 Å². The standard InChI is InChI=1S/C10H16N2O3S2/c1-7-5-12(3-2-9(7)13)17(14,15)10-4-8(11)6-16-10/h4,6-7,9,13H,2-3,5,11H2,1H3. The molecule has 0 bridgehead atoms. The molecule has 1 aliphatic heterocycles. The zero-order valence-electron chi connectivity index (χ0n) is 9.54. The van der Waals surface area contributed by atoms with Crippen molar-refractivity contribution in [2.75, 3.05) is 18.8 Å². The maximum absolute atomic E-state index is 12.3. The number of rotatable bonds is 2. The van der Waals surface area contributed by atoms with Crippen LogP contribution in [0, 0.1) is 5.92 Å². The number of sulfonamides is 1. The van der Waals surface area contributed by atoms with Gasteiger partial charge in [0.15, 0.2) is 0 Å². The summed E-state index contributed by atoms with van der Waals surface area (Å²) < 4.78 is 26.2. The average molecular weight is 276 g/mol. The SMILES string of the molecule is CC1CN(S(=O)(=O)c2cc(N)cs2)CCC1O. The zero-order valence-corrected chi connectivity index (χ0v) is 11.2. The van der Waals surface area contributed by atoms with Crippen molar-refractivity contribution in [2.45, 2.75) is 23.7 Å². The number of aliphatic hydroxyl groups excluding tert-OH is 1. The predicted octanol–water partition coefficient (Wildman–Crippen LogP) is 0.722. The van der Waals surface area contributed by atoms with Crippen molar-refractivity contribution in [3.63, 3.8) is 0 Å². The molecule has 7 heteroatoms. The van der Waals surface area contributed by atoms with Gasteiger partial charge in [-0.1, -0.05) is 6.92 Å². The molecule has 0 aliphatic carbocycles. The smallest absolute Gasteiger partial charge is 0.252 e. The molecule has 1 aliphatic rings. The molecule has 0 aromatic carbocycles. The van der Waals surface area contributed by atoms with E-state index in [4.69, 9.17) is 5.73 Å². The highest BCUT2D eigenvalue weighted by atomic mass is 32.2. The molecule has 96 valence electrons. The molecule has 0 spiro atoms. The summed E-state index contributed by atoms with van der Waals surface area (Å²) in [7, 11) is -3.44. The minimum atomic E-state index is -3.44. The predicted molar refractivity (Wildman–Crippen MR) is 67.3 cm³/mol. The summed E-state index contributed by atoms with van der Waals surface area (Å²) in [6.07, 6.45) is 0.0798. The van der Waals surface area contributed by atoms with Gasteiger partial charge in [-0.15, -0.1) is 11.3 Å². The van der Waals surface area contributed by atoms with E-state index in [1.165, 1.54) is 10.4 Å². The van der Waals surface area contributed by atoms with E-state index in [9.17, 15) is 13.5 Å². The topological polar surface area (TPSA) is 83.6 Å². The number of nitrogens with zero attached hydrogens (tertiary/aromatic N) is 1. The Bertz CT molecular complexity index is 497. The number of nitrogen functional groups attached to an aromatic ring is 1. The van der Waals surface area contributed by atoms with Gasteiger partial charge in [0, 0.05) is 24.2 Å². The molecule has 2 atom stereocenters. The van der Waals surface area contributed by atoms with Crippen molar-refractivity contribution in [2.24, 2.45) is 5.92 Å². The van der Waals surface area contributed by atoms with Gasteiger partial charge in [0.1, 0.15) is 4.21 Å². The van der Waals surface area contributed by atoms with E-state index in [0.717, 1.165) is 11.3 Å². The van der Waals surface area contributed by atoms with E-state index >= 15 is 0 Å². The third-order valence-corrected chi connectivity index (χ3v) is 6.31. The molecule has 1 aromatic heterocycles. The molecule has 5 nitrogen and oxygen atoms in total. The van der Waals surface area contributed by atoms with Crippen LogP contribution in [0.4, 0.5) is 5.69 Å². The van der Waals surface area contributed by atoms with E-state index in [-0.39, 0.29) is 10.1 Å². The zero-order chi connectivity index (χ0) is 12.6. The lowest BCUT2D eigenvalue weighted by Gasteiger charge is -2.33. The Labute approximate surface area is 105 Å². The second-order valence-electron chi connectivity index (χ2n) is 4.40. The number of nitrogens with two attached hydrogens (primary N) is 1. The third kappa shape index (κ3) is 2.47. The minimum Gasteiger partial charge on any atom is -0.398 e. The van der Waals surface area contributed by atoms with Gasteiger partial charge in [-0.25, -0.2) is 8.42 Å². The van der Waals surface area contributed by atoms with Crippen molar-refractivity contribution in [3.8, 4) is 0 Å². The molecule has 1 saturated heterocycles. The molecule has 17 heavy (non-hydrogen) atoms. The fourth-order valence-corrected chi connectivity index (χ4v) is 4.69. The first-order chi connectivity index (χ1) is 7.91. The van der Waals surface area contributed by atoms with Crippen LogP contribution in [-0.4, -0.2) is 37.0 Å². The van der Waals surface area contributed by atoms with Crippen molar-refractivity contribution < 1.29 is 13.5 Å². The van der Waals surface area contributed by atoms with Gasteiger partial charge < -0.3 is 10.8 Å². The number of thiophene rings is 1. The van der Waals surface area contributed by atoms with Crippen LogP contribution in [-0.2, 0) is 10.0 Å². The van der Waals surface area contributed by atoms with Gasteiger partial charge in [-0.2, -0.15) is 4.31 Å². The highest BCUT2D eigenvalue weighted by Crippen LogP contribution is 2.28. The maximum Gasteiger partial charge on any atom is 0.252 e. The molecular formula is C10H16N2O3S2. The van der Waals surface area contributed by atoms with E-state index < -0.39 is 16.1 Å². The molecular weight excluding hydrogens is 260 g/mol. The Balaban J connectivity index is 2.22. The Kier molecular flexibility index (Phi) is 3.44. The number of aliphatic hydroxyl groups is 1. The van der Waals surface area contributed by atoms with Crippen molar-refractivity contribution in [1.82, 2.24) is 4.31 Å². The molecule has 2 heterocycles. The normalized spacial score (nSPS) is 27.2. The van der Waals surface area contributed by atoms with Crippen LogP contribution in [0.25, 0.3) is 0 Å². The lowest BCUT2D eigenvalue weighted by atomic mass is 9.99. The highest BCUT2D eigenvalue weighted by Gasteiger charge is 2.33. The first-order valence-electron chi connectivity index (χ1n) is 5.43. The number of hydrogen-bond donors (Lipinski definition) is 2. The molecule has 1 aromatic rings. The second kappa shape index (κ2) is 4.56. The number of hydrogen-bond acceptors (Lipinski definition) is 5. The first-order valence-corrected chi connectivity index (χ1v) is 7.75. The van der Waals surface area contributed by atoms with Crippen LogP contribution < -0.4 is 5.73 Å². The summed E-state index contributed by atoms with van der Waals surface area (Å²) in [4.78, 5) is 0. The average Bonchev–Trinajstić information content (AvgIpc) is 2.69. The molecule has 0 radical (unpaired) electrons. The lowest BCUT2D eigenvalue weighted by Crippen LogP contribution is -2.44. The van der Waals surface area contributed by atoms with Crippen LogP contribution in [0.15, 0.2) is 15.7 Å². The monoisotopic (exact) mass is 276 g/mol. The highest BCUT2D eigenvalue weighted by molar-refractivity contribution is 7.91. The number of piperidine rings is 1. The molecule has 2 unspecified atom stereocenters. The third-order valence-electron chi connectivity index (χ3n) is 3.01. The van der Waals surface area contributed by atoms with Crippen molar-refractivity contribution in [1.29, 1.82) is 0 Å². The second-order valence-corrected chi connectivity index (χ2v) is 7.47. The number of anilines is 1. The Morgan fingerprint density at radius 2 is 2.29 bits per heavy atom. The molecule has 0 amide bonds. The molecule has 3 N–H and O–H groups in total. The van der Waals surface area contributed by atoms with Gasteiger partial charge in [-0.3, -0.25) is 0 Å². The summed E-state index contributed by atoms with van der Waals surface area (Å²) in [5.74, 6) is -0.0316. The van der Waals surface area contributed by atoms with Gasteiger partial charge in [0.05, 0.1) is 6.10 Å². The summed E-state index contributed by atoms with van der Waals surface area (Å²) in [6, 6.07) is 1.48. The lowest BCUT2D eigenvalue weighted by molar-refractivity contribution is 0.0629. The van der Waals surface area contributed by atoms with E-state index in [1.54, 1.807) is 5.38 Å². The first kappa shape index (κ1) is 12.8. The Hall–Kier alpha value is -0.630. The van der Waals surface area contributed by atoms with E-state index in [0.29, 0.717) is 25.2 Å². The molecule has 1 fully saturated rings. The largest absolute Gasteiger partial charge is 0.398 e. The minimum absolute atomic E-state index is 0.0316. The molecule has 0 saturated carbocycles. The summed E-state index contributed by atoms with van der Waals surface area (Å²) in [5.41, 5.74) is 6.01. The fraction of sp³-hybridized carbons (Fsp3) is 0.600. The quantitative estimate of drug-likeness (QED) is 0.834. The van der Waals surface area contributed by atoms with Crippen LogP contribution in [0.3, 0.4) is 0 Å². The van der Waals surface area contributed by atoms with Gasteiger partial charge >= 0.3 is 0 Å². The summed E-state index contributed by atoms with van der Waals surface area (Å²) >= 11 is 1.14. The van der Waals surface area contributed by atoms with Gasteiger partial charge in [0.25, 0.3) is 10.0 Å².